The second-order valence-electron chi connectivity index (χ2n) is 4.09. The Hall–Kier alpha value is -0.880. The Kier molecular flexibility index (Phi) is 3.30. The molecule has 0 spiro atoms. The first-order valence-corrected chi connectivity index (χ1v) is 5.29. The molecule has 0 bridgehead atoms. The molecule has 16 heavy (non-hydrogen) atoms. The molecule has 90 valence electrons. The Morgan fingerprint density at radius 3 is 2.38 bits per heavy atom. The molecule has 0 aliphatic carbocycles. The van der Waals surface area contributed by atoms with Gasteiger partial charge in [0, 0.05) is 0 Å². The molecule has 0 aromatic heterocycles. The van der Waals surface area contributed by atoms with Crippen molar-refractivity contribution in [2.75, 3.05) is 0 Å². The molecule has 0 aromatic rings. The van der Waals surface area contributed by atoms with Crippen molar-refractivity contribution >= 4 is 0 Å². The minimum absolute atomic E-state index is 0.440. The highest BCUT2D eigenvalue weighted by molar-refractivity contribution is 5.11. The van der Waals surface area contributed by atoms with Crippen molar-refractivity contribution in [2.45, 2.75) is 43.5 Å². The summed E-state index contributed by atoms with van der Waals surface area (Å²) in [6, 6.07) is 0. The summed E-state index contributed by atoms with van der Waals surface area (Å²) in [6.07, 6.45) is 1.66. The van der Waals surface area contributed by atoms with Gasteiger partial charge in [-0.25, -0.2) is 0 Å². The van der Waals surface area contributed by atoms with E-state index in [4.69, 9.17) is 9.47 Å². The van der Waals surface area contributed by atoms with Crippen molar-refractivity contribution in [3.63, 3.8) is 0 Å². The summed E-state index contributed by atoms with van der Waals surface area (Å²) >= 11 is 0. The summed E-state index contributed by atoms with van der Waals surface area (Å²) < 4.78 is 10.7. The molecule has 2 heterocycles. The van der Waals surface area contributed by atoms with E-state index in [0.717, 1.165) is 0 Å². The van der Waals surface area contributed by atoms with Gasteiger partial charge in [-0.3, -0.25) is 0 Å². The van der Waals surface area contributed by atoms with Crippen LogP contribution in [0.15, 0.2) is 24.5 Å². The molecule has 3 N–H and O–H groups in total. The minimum atomic E-state index is -1.21. The zero-order valence-electron chi connectivity index (χ0n) is 8.93. The van der Waals surface area contributed by atoms with E-state index < -0.39 is 36.6 Å². The molecule has 1 saturated heterocycles. The summed E-state index contributed by atoms with van der Waals surface area (Å²) in [6.45, 7) is 1.65. The van der Waals surface area contributed by atoms with Gasteiger partial charge in [0.2, 0.25) is 0 Å². The van der Waals surface area contributed by atoms with Crippen LogP contribution in [0.5, 0.6) is 0 Å². The number of aliphatic hydroxyl groups is 3. The smallest absolute Gasteiger partial charge is 0.145 e. The number of aliphatic hydroxyl groups excluding tert-OH is 3. The van der Waals surface area contributed by atoms with Gasteiger partial charge < -0.3 is 24.8 Å². The summed E-state index contributed by atoms with van der Waals surface area (Å²) in [5.74, 6) is 0. The van der Waals surface area contributed by atoms with Crippen molar-refractivity contribution in [1.82, 2.24) is 0 Å². The lowest BCUT2D eigenvalue weighted by molar-refractivity contribution is -0.233. The third-order valence-corrected chi connectivity index (χ3v) is 2.94. The lowest BCUT2D eigenvalue weighted by atomic mass is 9.92. The van der Waals surface area contributed by atoms with Gasteiger partial charge in [0.05, 0.1) is 12.4 Å². The fourth-order valence-electron chi connectivity index (χ4n) is 1.94. The van der Waals surface area contributed by atoms with Crippen molar-refractivity contribution < 1.29 is 24.8 Å². The average Bonchev–Trinajstić information content (AvgIpc) is 2.32. The molecule has 1 fully saturated rings. The van der Waals surface area contributed by atoms with Crippen molar-refractivity contribution in [3.8, 4) is 0 Å². The van der Waals surface area contributed by atoms with E-state index >= 15 is 0 Å². The van der Waals surface area contributed by atoms with Crippen LogP contribution in [0.25, 0.3) is 0 Å². The Labute approximate surface area is 93.6 Å². The molecular formula is C11H16O5. The van der Waals surface area contributed by atoms with Crippen LogP contribution in [0.3, 0.4) is 0 Å². The van der Waals surface area contributed by atoms with E-state index in [2.05, 4.69) is 0 Å². The van der Waals surface area contributed by atoms with Gasteiger partial charge in [-0.05, 0) is 19.1 Å². The van der Waals surface area contributed by atoms with E-state index in [1.165, 1.54) is 6.26 Å². The number of hydrogen-bond donors (Lipinski definition) is 3. The van der Waals surface area contributed by atoms with Gasteiger partial charge in [-0.15, -0.1) is 0 Å². The number of rotatable bonds is 1. The highest BCUT2D eigenvalue weighted by Gasteiger charge is 2.45. The van der Waals surface area contributed by atoms with Crippen LogP contribution in [0.4, 0.5) is 0 Å². The second kappa shape index (κ2) is 4.55. The molecule has 2 rings (SSSR count). The quantitative estimate of drug-likeness (QED) is 0.554. The first kappa shape index (κ1) is 11.6. The zero-order chi connectivity index (χ0) is 11.7. The standard InChI is InChI=1S/C11H16O5/c1-6-8(12)9(13)10(14)11(16-6)7-4-2-3-5-15-7/h2-14H,1H3/t6-,7?,8-,9+,10+,11?/m0/s1. The largest absolute Gasteiger partial charge is 0.491 e. The summed E-state index contributed by atoms with van der Waals surface area (Å²) in [5.41, 5.74) is 0. The minimum Gasteiger partial charge on any atom is -0.491 e. The molecular weight excluding hydrogens is 212 g/mol. The van der Waals surface area contributed by atoms with E-state index in [0.29, 0.717) is 0 Å². The molecule has 0 saturated carbocycles. The fourth-order valence-corrected chi connectivity index (χ4v) is 1.94. The Bertz CT molecular complexity index is 301. The summed E-state index contributed by atoms with van der Waals surface area (Å²) in [5, 5.41) is 29.0. The molecule has 6 atom stereocenters. The molecule has 2 unspecified atom stereocenters. The van der Waals surface area contributed by atoms with E-state index in [1.807, 2.05) is 0 Å². The fraction of sp³-hybridized carbons (Fsp3) is 0.636. The zero-order valence-corrected chi connectivity index (χ0v) is 8.93. The number of hydrogen-bond acceptors (Lipinski definition) is 5. The van der Waals surface area contributed by atoms with Crippen LogP contribution in [0.1, 0.15) is 6.92 Å². The molecule has 0 radical (unpaired) electrons. The maximum atomic E-state index is 9.80. The van der Waals surface area contributed by atoms with Gasteiger partial charge in [-0.2, -0.15) is 0 Å². The van der Waals surface area contributed by atoms with E-state index in [-0.39, 0.29) is 0 Å². The molecule has 2 aliphatic heterocycles. The van der Waals surface area contributed by atoms with Crippen LogP contribution >= 0.6 is 0 Å². The van der Waals surface area contributed by atoms with Gasteiger partial charge in [0.25, 0.3) is 0 Å². The molecule has 0 amide bonds. The van der Waals surface area contributed by atoms with Crippen molar-refractivity contribution in [3.05, 3.63) is 24.5 Å². The van der Waals surface area contributed by atoms with Crippen molar-refractivity contribution in [1.29, 1.82) is 0 Å². The normalized spacial score (nSPS) is 47.8. The summed E-state index contributed by atoms with van der Waals surface area (Å²) in [4.78, 5) is 0. The Morgan fingerprint density at radius 2 is 1.75 bits per heavy atom. The van der Waals surface area contributed by atoms with Gasteiger partial charge in [0.1, 0.15) is 30.5 Å². The van der Waals surface area contributed by atoms with Gasteiger partial charge in [0.15, 0.2) is 0 Å². The van der Waals surface area contributed by atoms with E-state index in [1.54, 1.807) is 25.2 Å². The van der Waals surface area contributed by atoms with E-state index in [9.17, 15) is 15.3 Å². The first-order valence-electron chi connectivity index (χ1n) is 5.29. The van der Waals surface area contributed by atoms with Crippen molar-refractivity contribution in [2.24, 2.45) is 0 Å². The molecule has 5 heteroatoms. The Balaban J connectivity index is 2.09. The van der Waals surface area contributed by atoms with Crippen LogP contribution in [0.2, 0.25) is 0 Å². The average molecular weight is 228 g/mol. The summed E-state index contributed by atoms with van der Waals surface area (Å²) in [7, 11) is 0. The highest BCUT2D eigenvalue weighted by Crippen LogP contribution is 2.25. The SMILES string of the molecule is C[C@@H]1OC(C2C=CC=CO2)[C@H](O)[C@H](O)[C@H]1O. The highest BCUT2D eigenvalue weighted by atomic mass is 16.6. The predicted molar refractivity (Wildman–Crippen MR) is 55.5 cm³/mol. The molecule has 0 aromatic carbocycles. The number of ether oxygens (including phenoxy) is 2. The maximum Gasteiger partial charge on any atom is 0.145 e. The Morgan fingerprint density at radius 1 is 1.00 bits per heavy atom. The molecule has 2 aliphatic rings. The lowest BCUT2D eigenvalue weighted by Gasteiger charge is -2.41. The monoisotopic (exact) mass is 228 g/mol. The lowest BCUT2D eigenvalue weighted by Crippen LogP contribution is -2.59. The maximum absolute atomic E-state index is 9.80. The van der Waals surface area contributed by atoms with Crippen LogP contribution in [-0.4, -0.2) is 51.9 Å². The third-order valence-electron chi connectivity index (χ3n) is 2.94. The van der Waals surface area contributed by atoms with Gasteiger partial charge in [-0.1, -0.05) is 6.08 Å². The molecule has 5 nitrogen and oxygen atoms in total. The topological polar surface area (TPSA) is 79.2 Å². The van der Waals surface area contributed by atoms with Gasteiger partial charge >= 0.3 is 0 Å². The third kappa shape index (κ3) is 1.99. The first-order chi connectivity index (χ1) is 7.61. The second-order valence-corrected chi connectivity index (χ2v) is 4.09. The number of allylic oxidation sites excluding steroid dienone is 2. The van der Waals surface area contributed by atoms with Crippen LogP contribution in [0, 0.1) is 0 Å². The van der Waals surface area contributed by atoms with Crippen LogP contribution < -0.4 is 0 Å². The van der Waals surface area contributed by atoms with Crippen LogP contribution in [-0.2, 0) is 9.47 Å². The predicted octanol–water partition coefficient (Wildman–Crippen LogP) is -0.675.